The van der Waals surface area contributed by atoms with Gasteiger partial charge in [-0.3, -0.25) is 4.79 Å². The topological polar surface area (TPSA) is 64.2 Å². The lowest BCUT2D eigenvalue weighted by Crippen LogP contribution is -2.42. The van der Waals surface area contributed by atoms with E-state index in [1.807, 2.05) is 27.7 Å². The van der Waals surface area contributed by atoms with Gasteiger partial charge in [-0.25, -0.2) is 9.07 Å². The lowest BCUT2D eigenvalue weighted by molar-refractivity contribution is 0.0694. The van der Waals surface area contributed by atoms with E-state index < -0.39 is 0 Å². The number of carbonyl (C=O) groups excluding carboxylic acids is 1. The van der Waals surface area contributed by atoms with Gasteiger partial charge in [0.2, 0.25) is 0 Å². The normalized spacial score (nSPS) is 11.6. The number of rotatable bonds is 6. The van der Waals surface area contributed by atoms with Crippen LogP contribution >= 0.6 is 0 Å². The summed E-state index contributed by atoms with van der Waals surface area (Å²) >= 11 is 0. The predicted molar refractivity (Wildman–Crippen MR) is 92.7 cm³/mol. The Kier molecular flexibility index (Phi) is 5.39. The number of amides is 1. The van der Waals surface area contributed by atoms with E-state index in [0.29, 0.717) is 25.3 Å². The van der Waals surface area contributed by atoms with E-state index in [-0.39, 0.29) is 17.1 Å². The van der Waals surface area contributed by atoms with Crippen LogP contribution < -0.4 is 5.73 Å². The van der Waals surface area contributed by atoms with Crippen molar-refractivity contribution in [2.45, 2.75) is 27.7 Å². The molecule has 24 heavy (non-hydrogen) atoms. The zero-order valence-electron chi connectivity index (χ0n) is 14.7. The van der Waals surface area contributed by atoms with Crippen LogP contribution in [0.1, 0.15) is 36.8 Å². The van der Waals surface area contributed by atoms with Crippen molar-refractivity contribution in [3.05, 3.63) is 47.5 Å². The van der Waals surface area contributed by atoms with Gasteiger partial charge in [0.05, 0.1) is 5.69 Å². The highest BCUT2D eigenvalue weighted by Gasteiger charge is 2.25. The Hall–Kier alpha value is -2.21. The van der Waals surface area contributed by atoms with Crippen LogP contribution in [-0.4, -0.2) is 40.2 Å². The Morgan fingerprint density at radius 1 is 1.38 bits per heavy atom. The number of hydrogen-bond donors (Lipinski definition) is 1. The van der Waals surface area contributed by atoms with Crippen molar-refractivity contribution in [3.8, 4) is 5.69 Å². The van der Waals surface area contributed by atoms with Crippen molar-refractivity contribution in [2.75, 3.05) is 19.6 Å². The highest BCUT2D eigenvalue weighted by atomic mass is 19.1. The third-order valence-corrected chi connectivity index (χ3v) is 4.05. The monoisotopic (exact) mass is 332 g/mol. The number of hydrogen-bond acceptors (Lipinski definition) is 3. The molecule has 0 bridgehead atoms. The van der Waals surface area contributed by atoms with Gasteiger partial charge in [0.25, 0.3) is 5.91 Å². The molecular weight excluding hydrogens is 307 g/mol. The molecule has 2 aromatic rings. The maximum absolute atomic E-state index is 13.2. The number of aromatic nitrogens is 2. The average molecular weight is 332 g/mol. The first-order valence-corrected chi connectivity index (χ1v) is 8.09. The Bertz CT molecular complexity index is 724. The summed E-state index contributed by atoms with van der Waals surface area (Å²) in [5, 5.41) is 4.37. The number of carbonyl (C=O) groups is 1. The van der Waals surface area contributed by atoms with E-state index in [2.05, 4.69) is 5.10 Å². The molecule has 2 rings (SSSR count). The maximum Gasteiger partial charge on any atom is 0.274 e. The third kappa shape index (κ3) is 4.00. The highest BCUT2D eigenvalue weighted by molar-refractivity contribution is 5.92. The SMILES string of the molecule is CCN(CC(C)(C)CN)C(=O)c1ccn(-c2ccc(F)cc2C)n1. The maximum atomic E-state index is 13.2. The van der Waals surface area contributed by atoms with E-state index in [9.17, 15) is 9.18 Å². The van der Waals surface area contributed by atoms with Crippen molar-refractivity contribution in [1.29, 1.82) is 0 Å². The smallest absolute Gasteiger partial charge is 0.274 e. The molecule has 1 aromatic heterocycles. The van der Waals surface area contributed by atoms with Crippen molar-refractivity contribution in [3.63, 3.8) is 0 Å². The summed E-state index contributed by atoms with van der Waals surface area (Å²) in [5.41, 5.74) is 7.50. The highest BCUT2D eigenvalue weighted by Crippen LogP contribution is 2.18. The van der Waals surface area contributed by atoms with Crippen LogP contribution in [0.4, 0.5) is 4.39 Å². The second-order valence-corrected chi connectivity index (χ2v) is 6.76. The summed E-state index contributed by atoms with van der Waals surface area (Å²) in [6.07, 6.45) is 1.72. The van der Waals surface area contributed by atoms with Crippen LogP contribution in [0.2, 0.25) is 0 Å². The molecule has 0 aliphatic carbocycles. The van der Waals surface area contributed by atoms with Crippen molar-refractivity contribution < 1.29 is 9.18 Å². The van der Waals surface area contributed by atoms with Crippen molar-refractivity contribution in [2.24, 2.45) is 11.1 Å². The van der Waals surface area contributed by atoms with Gasteiger partial charge in [-0.1, -0.05) is 13.8 Å². The predicted octanol–water partition coefficient (Wildman–Crippen LogP) is 2.77. The first kappa shape index (κ1) is 18.1. The van der Waals surface area contributed by atoms with Gasteiger partial charge in [-0.05, 0) is 55.6 Å². The molecule has 1 amide bonds. The fourth-order valence-electron chi connectivity index (χ4n) is 2.52. The van der Waals surface area contributed by atoms with Crippen LogP contribution in [0.15, 0.2) is 30.5 Å². The quantitative estimate of drug-likeness (QED) is 0.885. The standard InChI is InChI=1S/C18H25FN4O/c1-5-22(12-18(3,4)11-20)17(24)15-8-9-23(21-15)16-7-6-14(19)10-13(16)2/h6-10H,5,11-12,20H2,1-4H3. The van der Waals surface area contributed by atoms with Crippen molar-refractivity contribution >= 4 is 5.91 Å². The number of benzene rings is 1. The van der Waals surface area contributed by atoms with Crippen molar-refractivity contribution in [1.82, 2.24) is 14.7 Å². The molecule has 0 unspecified atom stereocenters. The number of aryl methyl sites for hydroxylation is 1. The molecule has 0 fully saturated rings. The minimum Gasteiger partial charge on any atom is -0.337 e. The Morgan fingerprint density at radius 2 is 2.08 bits per heavy atom. The fourth-order valence-corrected chi connectivity index (χ4v) is 2.52. The molecule has 6 heteroatoms. The molecule has 1 heterocycles. The van der Waals surface area contributed by atoms with Gasteiger partial charge in [-0.2, -0.15) is 5.10 Å². The first-order chi connectivity index (χ1) is 11.3. The minimum atomic E-state index is -0.291. The number of halogens is 1. The zero-order chi connectivity index (χ0) is 17.9. The van der Waals surface area contributed by atoms with Crippen LogP contribution in [0, 0.1) is 18.2 Å². The molecule has 2 N–H and O–H groups in total. The Morgan fingerprint density at radius 3 is 2.67 bits per heavy atom. The molecule has 0 spiro atoms. The summed E-state index contributed by atoms with van der Waals surface area (Å²) in [5.74, 6) is -0.418. The Labute approximate surface area is 142 Å². The average Bonchev–Trinajstić information content (AvgIpc) is 3.01. The lowest BCUT2D eigenvalue weighted by Gasteiger charge is -2.30. The fraction of sp³-hybridized carbons (Fsp3) is 0.444. The van der Waals surface area contributed by atoms with Gasteiger partial charge in [0, 0.05) is 19.3 Å². The molecular formula is C18H25FN4O. The Balaban J connectivity index is 2.24. The molecule has 130 valence electrons. The summed E-state index contributed by atoms with van der Waals surface area (Å²) in [7, 11) is 0. The molecule has 1 aromatic carbocycles. The van der Waals surface area contributed by atoms with E-state index >= 15 is 0 Å². The van der Waals surface area contributed by atoms with Gasteiger partial charge in [0.1, 0.15) is 5.82 Å². The van der Waals surface area contributed by atoms with Crippen LogP contribution in [0.25, 0.3) is 5.69 Å². The first-order valence-electron chi connectivity index (χ1n) is 8.09. The molecule has 0 saturated heterocycles. The molecule has 0 aliphatic rings. The molecule has 5 nitrogen and oxygen atoms in total. The molecule has 0 atom stereocenters. The molecule has 0 radical (unpaired) electrons. The zero-order valence-corrected chi connectivity index (χ0v) is 14.7. The van der Waals surface area contributed by atoms with Crippen LogP contribution in [0.5, 0.6) is 0 Å². The second kappa shape index (κ2) is 7.13. The van der Waals surface area contributed by atoms with E-state index in [0.717, 1.165) is 11.3 Å². The van der Waals surface area contributed by atoms with E-state index in [1.165, 1.54) is 12.1 Å². The van der Waals surface area contributed by atoms with Crippen LogP contribution in [-0.2, 0) is 0 Å². The van der Waals surface area contributed by atoms with Gasteiger partial charge < -0.3 is 10.6 Å². The van der Waals surface area contributed by atoms with E-state index in [4.69, 9.17) is 5.73 Å². The summed E-state index contributed by atoms with van der Waals surface area (Å²) in [4.78, 5) is 14.4. The van der Waals surface area contributed by atoms with E-state index in [1.54, 1.807) is 27.9 Å². The summed E-state index contributed by atoms with van der Waals surface area (Å²) in [6, 6.07) is 6.17. The third-order valence-electron chi connectivity index (χ3n) is 4.05. The molecule has 0 aliphatic heterocycles. The lowest BCUT2D eigenvalue weighted by atomic mass is 9.93. The van der Waals surface area contributed by atoms with Gasteiger partial charge >= 0.3 is 0 Å². The van der Waals surface area contributed by atoms with Crippen LogP contribution in [0.3, 0.4) is 0 Å². The minimum absolute atomic E-state index is 0.127. The van der Waals surface area contributed by atoms with Gasteiger partial charge in [-0.15, -0.1) is 0 Å². The number of nitrogens with zero attached hydrogens (tertiary/aromatic N) is 3. The summed E-state index contributed by atoms with van der Waals surface area (Å²) < 4.78 is 14.8. The van der Waals surface area contributed by atoms with Gasteiger partial charge in [0.15, 0.2) is 5.69 Å². The second-order valence-electron chi connectivity index (χ2n) is 6.76. The largest absolute Gasteiger partial charge is 0.337 e. The summed E-state index contributed by atoms with van der Waals surface area (Å²) in [6.45, 7) is 9.47. The number of nitrogens with two attached hydrogens (primary N) is 1. The molecule has 0 saturated carbocycles.